The van der Waals surface area contributed by atoms with E-state index in [1.54, 1.807) is 19.3 Å². The Balaban J connectivity index is 2.52. The second-order valence-corrected chi connectivity index (χ2v) is 3.11. The van der Waals surface area contributed by atoms with Gasteiger partial charge in [-0.1, -0.05) is 0 Å². The van der Waals surface area contributed by atoms with Gasteiger partial charge >= 0.3 is 0 Å². The third-order valence-corrected chi connectivity index (χ3v) is 2.17. The molecular formula is C9H11NO2. The van der Waals surface area contributed by atoms with Gasteiger partial charge in [0.25, 0.3) is 0 Å². The number of hydrogen-bond donors (Lipinski definition) is 1. The molecule has 1 aliphatic heterocycles. The van der Waals surface area contributed by atoms with Crippen molar-refractivity contribution in [1.29, 1.82) is 0 Å². The number of ether oxygens (including phenoxy) is 1. The second kappa shape index (κ2) is 2.54. The van der Waals surface area contributed by atoms with E-state index < -0.39 is 5.79 Å². The molecule has 1 aliphatic rings. The van der Waals surface area contributed by atoms with Crippen LogP contribution in [-0.4, -0.2) is 16.7 Å². The molecule has 0 radical (unpaired) electrons. The third kappa shape index (κ3) is 1.11. The summed E-state index contributed by atoms with van der Waals surface area (Å²) in [5.74, 6) is -1.15. The molecule has 1 aromatic rings. The minimum atomic E-state index is -1.15. The molecular weight excluding hydrogens is 154 g/mol. The summed E-state index contributed by atoms with van der Waals surface area (Å²) >= 11 is 0. The first-order chi connectivity index (χ1) is 5.70. The van der Waals surface area contributed by atoms with Gasteiger partial charge in [0.15, 0.2) is 5.79 Å². The fourth-order valence-electron chi connectivity index (χ4n) is 1.50. The summed E-state index contributed by atoms with van der Waals surface area (Å²) in [5.41, 5.74) is 1.91. The Morgan fingerprint density at radius 3 is 3.25 bits per heavy atom. The summed E-state index contributed by atoms with van der Waals surface area (Å²) < 4.78 is 5.21. The van der Waals surface area contributed by atoms with Crippen molar-refractivity contribution in [2.45, 2.75) is 19.1 Å². The Labute approximate surface area is 71.0 Å². The molecule has 1 atom stereocenters. The first-order valence-electron chi connectivity index (χ1n) is 4.00. The van der Waals surface area contributed by atoms with Crippen molar-refractivity contribution in [2.24, 2.45) is 0 Å². The van der Waals surface area contributed by atoms with Crippen LogP contribution in [0.15, 0.2) is 18.5 Å². The van der Waals surface area contributed by atoms with Gasteiger partial charge in [0.1, 0.15) is 0 Å². The van der Waals surface area contributed by atoms with Crippen LogP contribution < -0.4 is 0 Å². The fourth-order valence-corrected chi connectivity index (χ4v) is 1.50. The van der Waals surface area contributed by atoms with E-state index in [4.69, 9.17) is 4.74 Å². The Morgan fingerprint density at radius 1 is 1.67 bits per heavy atom. The minimum Gasteiger partial charge on any atom is -0.362 e. The van der Waals surface area contributed by atoms with E-state index in [1.807, 2.05) is 6.07 Å². The highest BCUT2D eigenvalue weighted by Crippen LogP contribution is 2.28. The molecule has 12 heavy (non-hydrogen) atoms. The molecule has 3 nitrogen and oxygen atoms in total. The van der Waals surface area contributed by atoms with Gasteiger partial charge < -0.3 is 9.84 Å². The monoisotopic (exact) mass is 165 g/mol. The van der Waals surface area contributed by atoms with E-state index in [0.717, 1.165) is 17.5 Å². The molecule has 1 unspecified atom stereocenters. The summed E-state index contributed by atoms with van der Waals surface area (Å²) in [6.07, 6.45) is 4.25. The lowest BCUT2D eigenvalue weighted by Crippen LogP contribution is -2.32. The maximum Gasteiger partial charge on any atom is 0.191 e. The number of hydrogen-bond acceptors (Lipinski definition) is 3. The average molecular weight is 165 g/mol. The van der Waals surface area contributed by atoms with Crippen LogP contribution in [0.1, 0.15) is 18.1 Å². The van der Waals surface area contributed by atoms with Crippen LogP contribution in [0, 0.1) is 0 Å². The highest BCUT2D eigenvalue weighted by molar-refractivity contribution is 5.28. The van der Waals surface area contributed by atoms with Crippen LogP contribution in [0.5, 0.6) is 0 Å². The van der Waals surface area contributed by atoms with E-state index in [1.165, 1.54) is 0 Å². The van der Waals surface area contributed by atoms with Crippen LogP contribution in [0.25, 0.3) is 0 Å². The summed E-state index contributed by atoms with van der Waals surface area (Å²) in [7, 11) is 0. The van der Waals surface area contributed by atoms with Gasteiger partial charge in [-0.15, -0.1) is 0 Å². The van der Waals surface area contributed by atoms with E-state index in [2.05, 4.69) is 4.98 Å². The quantitative estimate of drug-likeness (QED) is 0.618. The van der Waals surface area contributed by atoms with Crippen molar-refractivity contribution in [3.8, 4) is 0 Å². The molecule has 1 N–H and O–H groups in total. The van der Waals surface area contributed by atoms with Crippen molar-refractivity contribution in [1.82, 2.24) is 4.98 Å². The maximum atomic E-state index is 9.76. The van der Waals surface area contributed by atoms with Gasteiger partial charge in [-0.25, -0.2) is 0 Å². The summed E-state index contributed by atoms with van der Waals surface area (Å²) in [5, 5.41) is 9.76. The van der Waals surface area contributed by atoms with E-state index in [9.17, 15) is 5.11 Å². The SMILES string of the molecule is CC1(O)OCCc2ccncc21. The molecule has 0 amide bonds. The van der Waals surface area contributed by atoms with Crippen molar-refractivity contribution in [3.05, 3.63) is 29.6 Å². The summed E-state index contributed by atoms with van der Waals surface area (Å²) in [6.45, 7) is 2.22. The van der Waals surface area contributed by atoms with Crippen molar-refractivity contribution < 1.29 is 9.84 Å². The molecule has 0 spiro atoms. The van der Waals surface area contributed by atoms with Gasteiger partial charge in [0.05, 0.1) is 6.61 Å². The fraction of sp³-hybridized carbons (Fsp3) is 0.444. The maximum absolute atomic E-state index is 9.76. The summed E-state index contributed by atoms with van der Waals surface area (Å²) in [4.78, 5) is 3.95. The molecule has 0 saturated heterocycles. The number of aliphatic hydroxyl groups is 1. The molecule has 1 aromatic heterocycles. The average Bonchev–Trinajstić information content (AvgIpc) is 2.04. The van der Waals surface area contributed by atoms with Crippen LogP contribution in [-0.2, 0) is 16.9 Å². The lowest BCUT2D eigenvalue weighted by atomic mass is 9.99. The molecule has 2 heterocycles. The van der Waals surface area contributed by atoms with Crippen LogP contribution in [0.2, 0.25) is 0 Å². The molecule has 3 heteroatoms. The van der Waals surface area contributed by atoms with Crippen LogP contribution >= 0.6 is 0 Å². The zero-order valence-electron chi connectivity index (χ0n) is 6.95. The normalized spacial score (nSPS) is 28.2. The third-order valence-electron chi connectivity index (χ3n) is 2.17. The number of nitrogens with zero attached hydrogens (tertiary/aromatic N) is 1. The Morgan fingerprint density at radius 2 is 2.50 bits per heavy atom. The number of fused-ring (bicyclic) bond motifs is 1. The minimum absolute atomic E-state index is 0.573. The predicted octanol–water partition coefficient (Wildman–Crippen LogP) is 0.819. The highest BCUT2D eigenvalue weighted by atomic mass is 16.6. The Bertz CT molecular complexity index is 296. The number of pyridine rings is 1. The van der Waals surface area contributed by atoms with E-state index in [0.29, 0.717) is 6.61 Å². The predicted molar refractivity (Wildman–Crippen MR) is 43.5 cm³/mol. The van der Waals surface area contributed by atoms with Crippen molar-refractivity contribution >= 4 is 0 Å². The zero-order valence-corrected chi connectivity index (χ0v) is 6.95. The molecule has 0 aromatic carbocycles. The summed E-state index contributed by atoms with van der Waals surface area (Å²) in [6, 6.07) is 1.92. The standard InChI is InChI=1S/C9H11NO2/c1-9(11)8-6-10-4-2-7(8)3-5-12-9/h2,4,6,11H,3,5H2,1H3. The number of aromatic nitrogens is 1. The zero-order chi connectivity index (χ0) is 8.60. The van der Waals surface area contributed by atoms with Crippen LogP contribution in [0.4, 0.5) is 0 Å². The first kappa shape index (κ1) is 7.71. The van der Waals surface area contributed by atoms with Gasteiger partial charge in [-0.2, -0.15) is 0 Å². The lowest BCUT2D eigenvalue weighted by Gasteiger charge is -2.30. The molecule has 0 saturated carbocycles. The molecule has 64 valence electrons. The Kier molecular flexibility index (Phi) is 1.63. The van der Waals surface area contributed by atoms with Crippen molar-refractivity contribution in [3.63, 3.8) is 0 Å². The first-order valence-corrected chi connectivity index (χ1v) is 4.00. The van der Waals surface area contributed by atoms with Crippen molar-refractivity contribution in [2.75, 3.05) is 6.61 Å². The molecule has 0 aliphatic carbocycles. The largest absolute Gasteiger partial charge is 0.362 e. The number of rotatable bonds is 0. The Hall–Kier alpha value is -0.930. The molecule has 2 rings (SSSR count). The molecule has 0 fully saturated rings. The second-order valence-electron chi connectivity index (χ2n) is 3.11. The van der Waals surface area contributed by atoms with Gasteiger partial charge in [-0.05, 0) is 25.0 Å². The van der Waals surface area contributed by atoms with Gasteiger partial charge in [-0.3, -0.25) is 4.98 Å². The van der Waals surface area contributed by atoms with Gasteiger partial charge in [0.2, 0.25) is 0 Å². The van der Waals surface area contributed by atoms with E-state index >= 15 is 0 Å². The lowest BCUT2D eigenvalue weighted by molar-refractivity contribution is -0.205. The van der Waals surface area contributed by atoms with Crippen LogP contribution in [0.3, 0.4) is 0 Å². The highest BCUT2D eigenvalue weighted by Gasteiger charge is 2.30. The molecule has 0 bridgehead atoms. The smallest absolute Gasteiger partial charge is 0.191 e. The van der Waals surface area contributed by atoms with E-state index in [-0.39, 0.29) is 0 Å². The topological polar surface area (TPSA) is 42.4 Å². The van der Waals surface area contributed by atoms with Gasteiger partial charge in [0, 0.05) is 18.0 Å².